The number of nitro groups is 1. The van der Waals surface area contributed by atoms with Gasteiger partial charge in [0.1, 0.15) is 0 Å². The van der Waals surface area contributed by atoms with Crippen molar-refractivity contribution in [2.75, 3.05) is 31.1 Å². The van der Waals surface area contributed by atoms with Crippen molar-refractivity contribution in [1.82, 2.24) is 10.3 Å². The molecule has 2 heterocycles. The Morgan fingerprint density at radius 2 is 2.43 bits per heavy atom. The maximum Gasteiger partial charge on any atom is 0.311 e. The van der Waals surface area contributed by atoms with Crippen molar-refractivity contribution in [3.8, 4) is 0 Å². The minimum Gasteiger partial charge on any atom is -0.355 e. The second-order valence-electron chi connectivity index (χ2n) is 4.97. The summed E-state index contributed by atoms with van der Waals surface area (Å²) < 4.78 is 0. The highest BCUT2D eigenvalue weighted by Crippen LogP contribution is 2.29. The number of hydrogen-bond acceptors (Lipinski definition) is 6. The van der Waals surface area contributed by atoms with Gasteiger partial charge in [-0.25, -0.2) is 4.98 Å². The molecule has 1 unspecified atom stereocenters. The number of aromatic nitrogens is 1. The van der Waals surface area contributed by atoms with Gasteiger partial charge in [-0.15, -0.1) is 0 Å². The number of rotatable bonds is 5. The molecule has 1 amide bonds. The van der Waals surface area contributed by atoms with Crippen molar-refractivity contribution in [2.45, 2.75) is 12.8 Å². The molecular formula is C13H19N5O3. The summed E-state index contributed by atoms with van der Waals surface area (Å²) in [5, 5.41) is 13.8. The van der Waals surface area contributed by atoms with E-state index in [1.165, 1.54) is 18.3 Å². The minimum absolute atomic E-state index is 0.0273. The molecule has 0 radical (unpaired) electrons. The quantitative estimate of drug-likeness (QED) is 0.595. The molecule has 1 aromatic heterocycles. The summed E-state index contributed by atoms with van der Waals surface area (Å²) in [6.07, 6.45) is 3.10. The summed E-state index contributed by atoms with van der Waals surface area (Å²) in [5.41, 5.74) is 5.34. The van der Waals surface area contributed by atoms with E-state index in [2.05, 4.69) is 10.3 Å². The van der Waals surface area contributed by atoms with E-state index in [4.69, 9.17) is 5.73 Å². The molecule has 114 valence electrons. The van der Waals surface area contributed by atoms with Gasteiger partial charge in [0.05, 0.1) is 10.8 Å². The van der Waals surface area contributed by atoms with Gasteiger partial charge < -0.3 is 16.0 Å². The number of anilines is 1. The third-order valence-corrected chi connectivity index (χ3v) is 3.50. The molecule has 0 aliphatic carbocycles. The molecule has 0 spiro atoms. The SMILES string of the molecule is NCCNC(=O)C1CCCN(c2ncccc2[N+](=O)[O-])C1. The summed E-state index contributed by atoms with van der Waals surface area (Å²) in [5.74, 6) is 0.0921. The van der Waals surface area contributed by atoms with Crippen LogP contribution in [0.2, 0.25) is 0 Å². The normalized spacial score (nSPS) is 18.3. The van der Waals surface area contributed by atoms with Gasteiger partial charge in [0.2, 0.25) is 11.7 Å². The number of nitrogens with two attached hydrogens (primary N) is 1. The zero-order valence-electron chi connectivity index (χ0n) is 11.7. The molecule has 2 rings (SSSR count). The lowest BCUT2D eigenvalue weighted by Crippen LogP contribution is -2.44. The maximum atomic E-state index is 12.0. The van der Waals surface area contributed by atoms with Crippen molar-refractivity contribution in [3.63, 3.8) is 0 Å². The van der Waals surface area contributed by atoms with Crippen molar-refractivity contribution >= 4 is 17.4 Å². The third-order valence-electron chi connectivity index (χ3n) is 3.50. The lowest BCUT2D eigenvalue weighted by Gasteiger charge is -2.32. The van der Waals surface area contributed by atoms with E-state index in [-0.39, 0.29) is 17.5 Å². The van der Waals surface area contributed by atoms with Gasteiger partial charge in [0.15, 0.2) is 0 Å². The highest BCUT2D eigenvalue weighted by Gasteiger charge is 2.29. The van der Waals surface area contributed by atoms with Gasteiger partial charge in [-0.3, -0.25) is 14.9 Å². The van der Waals surface area contributed by atoms with Crippen molar-refractivity contribution < 1.29 is 9.72 Å². The Bertz CT molecular complexity index is 522. The second-order valence-corrected chi connectivity index (χ2v) is 4.97. The first-order valence-corrected chi connectivity index (χ1v) is 6.95. The summed E-state index contributed by atoms with van der Waals surface area (Å²) in [6, 6.07) is 2.97. The predicted molar refractivity (Wildman–Crippen MR) is 77.9 cm³/mol. The van der Waals surface area contributed by atoms with Gasteiger partial charge in [-0.05, 0) is 18.9 Å². The van der Waals surface area contributed by atoms with Gasteiger partial charge in [-0.1, -0.05) is 0 Å². The van der Waals surface area contributed by atoms with E-state index in [0.717, 1.165) is 12.8 Å². The summed E-state index contributed by atoms with van der Waals surface area (Å²) >= 11 is 0. The molecule has 1 fully saturated rings. The van der Waals surface area contributed by atoms with E-state index in [1.54, 1.807) is 0 Å². The number of pyridine rings is 1. The Morgan fingerprint density at radius 1 is 1.62 bits per heavy atom. The Labute approximate surface area is 122 Å². The van der Waals surface area contributed by atoms with Crippen LogP contribution < -0.4 is 16.0 Å². The molecule has 8 nitrogen and oxygen atoms in total. The summed E-state index contributed by atoms with van der Waals surface area (Å²) in [6.45, 7) is 1.94. The maximum absolute atomic E-state index is 12.0. The molecule has 0 saturated carbocycles. The fourth-order valence-corrected chi connectivity index (χ4v) is 2.50. The van der Waals surface area contributed by atoms with Crippen LogP contribution in [0.15, 0.2) is 18.3 Å². The molecule has 1 atom stereocenters. The van der Waals surface area contributed by atoms with Gasteiger partial charge >= 0.3 is 5.69 Å². The minimum atomic E-state index is -0.444. The molecule has 1 saturated heterocycles. The topological polar surface area (TPSA) is 114 Å². The Morgan fingerprint density at radius 3 is 3.14 bits per heavy atom. The lowest BCUT2D eigenvalue weighted by atomic mass is 9.97. The van der Waals surface area contributed by atoms with Crippen LogP contribution in [0.5, 0.6) is 0 Å². The zero-order chi connectivity index (χ0) is 15.2. The van der Waals surface area contributed by atoms with Crippen LogP contribution in [0.1, 0.15) is 12.8 Å². The van der Waals surface area contributed by atoms with Crippen LogP contribution in [0.4, 0.5) is 11.5 Å². The van der Waals surface area contributed by atoms with Gasteiger partial charge in [0, 0.05) is 38.4 Å². The highest BCUT2D eigenvalue weighted by atomic mass is 16.6. The number of amides is 1. The Kier molecular flexibility index (Phi) is 5.04. The molecule has 8 heteroatoms. The number of hydrogen-bond donors (Lipinski definition) is 2. The highest BCUT2D eigenvalue weighted by molar-refractivity contribution is 5.79. The van der Waals surface area contributed by atoms with E-state index < -0.39 is 4.92 Å². The molecule has 1 aliphatic heterocycles. The fourth-order valence-electron chi connectivity index (χ4n) is 2.50. The fraction of sp³-hybridized carbons (Fsp3) is 0.538. The summed E-state index contributed by atoms with van der Waals surface area (Å²) in [4.78, 5) is 28.6. The van der Waals surface area contributed by atoms with Crippen molar-refractivity contribution in [2.24, 2.45) is 11.7 Å². The molecule has 0 aromatic carbocycles. The van der Waals surface area contributed by atoms with Crippen LogP contribution in [0.3, 0.4) is 0 Å². The first-order valence-electron chi connectivity index (χ1n) is 6.95. The largest absolute Gasteiger partial charge is 0.355 e. The standard InChI is InChI=1S/C13H19N5O3/c14-5-7-16-13(19)10-3-2-8-17(9-10)12-11(18(20)21)4-1-6-15-12/h1,4,6,10H,2-3,5,7-9,14H2,(H,16,19). The Balaban J connectivity index is 2.11. The molecule has 1 aliphatic rings. The number of nitrogens with one attached hydrogen (secondary N) is 1. The third kappa shape index (κ3) is 3.66. The summed E-state index contributed by atoms with van der Waals surface area (Å²) in [7, 11) is 0. The van der Waals surface area contributed by atoms with E-state index in [0.29, 0.717) is 32.0 Å². The number of carbonyl (C=O) groups excluding carboxylic acids is 1. The molecule has 1 aromatic rings. The van der Waals surface area contributed by atoms with Crippen LogP contribution in [-0.4, -0.2) is 42.0 Å². The smallest absolute Gasteiger partial charge is 0.311 e. The average molecular weight is 293 g/mol. The van der Waals surface area contributed by atoms with Crippen LogP contribution >= 0.6 is 0 Å². The predicted octanol–water partition coefficient (Wildman–Crippen LogP) is 0.281. The first kappa shape index (κ1) is 15.2. The average Bonchev–Trinajstić information content (AvgIpc) is 2.52. The zero-order valence-corrected chi connectivity index (χ0v) is 11.7. The second kappa shape index (κ2) is 6.98. The molecule has 0 bridgehead atoms. The Hall–Kier alpha value is -2.22. The monoisotopic (exact) mass is 293 g/mol. The van der Waals surface area contributed by atoms with Crippen LogP contribution in [0.25, 0.3) is 0 Å². The number of piperidine rings is 1. The number of carbonyl (C=O) groups is 1. The van der Waals surface area contributed by atoms with Gasteiger partial charge in [0.25, 0.3) is 0 Å². The van der Waals surface area contributed by atoms with E-state index in [1.807, 2.05) is 4.90 Å². The van der Waals surface area contributed by atoms with Crippen molar-refractivity contribution in [3.05, 3.63) is 28.4 Å². The lowest BCUT2D eigenvalue weighted by molar-refractivity contribution is -0.384. The molecule has 21 heavy (non-hydrogen) atoms. The van der Waals surface area contributed by atoms with Gasteiger partial charge in [-0.2, -0.15) is 0 Å². The van der Waals surface area contributed by atoms with E-state index in [9.17, 15) is 14.9 Å². The first-order chi connectivity index (χ1) is 10.1. The van der Waals surface area contributed by atoms with Crippen molar-refractivity contribution in [1.29, 1.82) is 0 Å². The van der Waals surface area contributed by atoms with E-state index >= 15 is 0 Å². The van der Waals surface area contributed by atoms with Crippen LogP contribution in [0, 0.1) is 16.0 Å². The van der Waals surface area contributed by atoms with Crippen LogP contribution in [-0.2, 0) is 4.79 Å². The number of nitrogens with zero attached hydrogens (tertiary/aromatic N) is 3. The molecule has 3 N–H and O–H groups in total. The molecular weight excluding hydrogens is 274 g/mol.